The predicted octanol–water partition coefficient (Wildman–Crippen LogP) is 5.58. The van der Waals surface area contributed by atoms with Crippen molar-refractivity contribution in [3.8, 4) is 0 Å². The van der Waals surface area contributed by atoms with Crippen LogP contribution in [-0.4, -0.2) is 50.0 Å². The van der Waals surface area contributed by atoms with E-state index in [-0.39, 0.29) is 35.6 Å². The van der Waals surface area contributed by atoms with Crippen molar-refractivity contribution in [2.24, 2.45) is 0 Å². The van der Waals surface area contributed by atoms with Crippen LogP contribution < -0.4 is 9.62 Å². The monoisotopic (exact) mass is 609 g/mol. The molecular weight excluding hydrogens is 581 g/mol. The number of carbonyl (C=O) groups is 2. The lowest BCUT2D eigenvalue weighted by molar-refractivity contribution is -0.140. The molecule has 0 heterocycles. The molecule has 11 heteroatoms. The summed E-state index contributed by atoms with van der Waals surface area (Å²) in [7, 11) is -3.95. The first-order valence-electron chi connectivity index (χ1n) is 12.2. The van der Waals surface area contributed by atoms with E-state index < -0.39 is 28.5 Å². The molecule has 0 radical (unpaired) electrons. The zero-order valence-corrected chi connectivity index (χ0v) is 24.9. The number of hydrogen-bond acceptors (Lipinski definition) is 4. The topological polar surface area (TPSA) is 86.8 Å². The molecule has 0 bridgehead atoms. The Morgan fingerprint density at radius 2 is 1.51 bits per heavy atom. The minimum absolute atomic E-state index is 0.0222. The quantitative estimate of drug-likeness (QED) is 0.307. The summed E-state index contributed by atoms with van der Waals surface area (Å²) >= 11 is 18.5. The SMILES string of the molecule is CC(C)NC(=O)[C@@H](Cc1ccccc1)N(Cc1cccc(Cl)c1)C(=O)CN(c1ccc(Cl)cc1Cl)S(C)(=O)=O. The van der Waals surface area contributed by atoms with Crippen molar-refractivity contribution < 1.29 is 18.0 Å². The molecule has 0 aliphatic heterocycles. The van der Waals surface area contributed by atoms with Crippen LogP contribution in [-0.2, 0) is 32.6 Å². The maximum Gasteiger partial charge on any atom is 0.244 e. The molecule has 0 unspecified atom stereocenters. The summed E-state index contributed by atoms with van der Waals surface area (Å²) in [6.07, 6.45) is 1.20. The first kappa shape index (κ1) is 30.8. The van der Waals surface area contributed by atoms with Crippen LogP contribution in [0.15, 0.2) is 72.8 Å². The van der Waals surface area contributed by atoms with Gasteiger partial charge in [-0.15, -0.1) is 0 Å². The summed E-state index contributed by atoms with van der Waals surface area (Å²) in [5.74, 6) is -0.953. The largest absolute Gasteiger partial charge is 0.352 e. The molecule has 3 aromatic rings. The summed E-state index contributed by atoms with van der Waals surface area (Å²) in [6, 6.07) is 19.5. The van der Waals surface area contributed by atoms with Gasteiger partial charge in [0.2, 0.25) is 21.8 Å². The van der Waals surface area contributed by atoms with Gasteiger partial charge in [0.1, 0.15) is 12.6 Å². The molecule has 3 aromatic carbocycles. The fourth-order valence-corrected chi connectivity index (χ4v) is 5.68. The number of sulfonamides is 1. The normalized spacial score (nSPS) is 12.2. The first-order valence-corrected chi connectivity index (χ1v) is 15.1. The number of benzene rings is 3. The number of hydrogen-bond donors (Lipinski definition) is 1. The predicted molar refractivity (Wildman–Crippen MR) is 158 cm³/mol. The standard InChI is InChI=1S/C28H30Cl3N3O4S/c1-19(2)32-28(36)26(15-20-8-5-4-6-9-20)33(17-21-10-7-11-22(29)14-21)27(35)18-34(39(3,37)38)25-13-12-23(30)16-24(25)31/h4-14,16,19,26H,15,17-18H2,1-3H3,(H,32,36)/t26-/m1/s1. The van der Waals surface area contributed by atoms with E-state index in [1.54, 1.807) is 24.3 Å². The highest BCUT2D eigenvalue weighted by molar-refractivity contribution is 7.92. The van der Waals surface area contributed by atoms with E-state index in [1.807, 2.05) is 44.2 Å². The van der Waals surface area contributed by atoms with Gasteiger partial charge in [-0.3, -0.25) is 13.9 Å². The lowest BCUT2D eigenvalue weighted by atomic mass is 10.0. The van der Waals surface area contributed by atoms with Gasteiger partial charge in [-0.1, -0.05) is 77.3 Å². The van der Waals surface area contributed by atoms with Gasteiger partial charge in [-0.05, 0) is 55.3 Å². The zero-order valence-electron chi connectivity index (χ0n) is 21.8. The van der Waals surface area contributed by atoms with E-state index in [9.17, 15) is 18.0 Å². The molecule has 0 saturated heterocycles. The van der Waals surface area contributed by atoms with Gasteiger partial charge in [-0.25, -0.2) is 8.42 Å². The number of nitrogens with zero attached hydrogens (tertiary/aromatic N) is 2. The van der Waals surface area contributed by atoms with Crippen molar-refractivity contribution >= 4 is 62.3 Å². The van der Waals surface area contributed by atoms with Crippen LogP contribution >= 0.6 is 34.8 Å². The Morgan fingerprint density at radius 1 is 0.872 bits per heavy atom. The molecule has 1 atom stereocenters. The second kappa shape index (κ2) is 13.5. The Hall–Kier alpha value is -2.78. The summed E-state index contributed by atoms with van der Waals surface area (Å²) in [5.41, 5.74) is 1.62. The number of rotatable bonds is 11. The van der Waals surface area contributed by atoms with Gasteiger partial charge in [-0.2, -0.15) is 0 Å². The van der Waals surface area contributed by atoms with Crippen LogP contribution in [0.4, 0.5) is 5.69 Å². The number of anilines is 1. The smallest absolute Gasteiger partial charge is 0.244 e. The van der Waals surface area contributed by atoms with E-state index in [0.29, 0.717) is 15.6 Å². The molecule has 2 amide bonds. The van der Waals surface area contributed by atoms with Crippen molar-refractivity contribution in [1.82, 2.24) is 10.2 Å². The van der Waals surface area contributed by atoms with E-state index in [0.717, 1.165) is 16.1 Å². The molecular formula is C28H30Cl3N3O4S. The average molecular weight is 611 g/mol. The van der Waals surface area contributed by atoms with Crippen molar-refractivity contribution in [2.45, 2.75) is 38.9 Å². The van der Waals surface area contributed by atoms with Crippen molar-refractivity contribution in [1.29, 1.82) is 0 Å². The fourth-order valence-electron chi connectivity index (χ4n) is 4.04. The lowest BCUT2D eigenvalue weighted by Crippen LogP contribution is -2.54. The minimum Gasteiger partial charge on any atom is -0.352 e. The number of halogens is 3. The summed E-state index contributed by atoms with van der Waals surface area (Å²) in [5, 5.41) is 3.76. The third-order valence-electron chi connectivity index (χ3n) is 5.80. The van der Waals surface area contributed by atoms with E-state index in [4.69, 9.17) is 34.8 Å². The Morgan fingerprint density at radius 3 is 2.10 bits per heavy atom. The Balaban J connectivity index is 2.07. The number of nitrogens with one attached hydrogen (secondary N) is 1. The van der Waals surface area contributed by atoms with Crippen LogP contribution in [0.1, 0.15) is 25.0 Å². The van der Waals surface area contributed by atoms with E-state index in [1.165, 1.54) is 23.1 Å². The zero-order chi connectivity index (χ0) is 28.7. The molecule has 0 saturated carbocycles. The summed E-state index contributed by atoms with van der Waals surface area (Å²) < 4.78 is 26.6. The van der Waals surface area contributed by atoms with Crippen LogP contribution in [0, 0.1) is 0 Å². The van der Waals surface area contributed by atoms with Gasteiger partial charge in [0, 0.05) is 29.1 Å². The first-order chi connectivity index (χ1) is 18.3. The number of carbonyl (C=O) groups excluding carboxylic acids is 2. The van der Waals surface area contributed by atoms with Crippen molar-refractivity contribution in [3.05, 3.63) is 99.0 Å². The molecule has 208 valence electrons. The van der Waals surface area contributed by atoms with Gasteiger partial charge >= 0.3 is 0 Å². The molecule has 0 spiro atoms. The highest BCUT2D eigenvalue weighted by Crippen LogP contribution is 2.30. The van der Waals surface area contributed by atoms with Crippen LogP contribution in [0.5, 0.6) is 0 Å². The summed E-state index contributed by atoms with van der Waals surface area (Å²) in [6.45, 7) is 3.10. The molecule has 7 nitrogen and oxygen atoms in total. The maximum atomic E-state index is 14.0. The highest BCUT2D eigenvalue weighted by atomic mass is 35.5. The Bertz CT molecular complexity index is 1420. The summed E-state index contributed by atoms with van der Waals surface area (Å²) in [4.78, 5) is 28.9. The van der Waals surface area contributed by atoms with Gasteiger partial charge in [0.15, 0.2) is 0 Å². The van der Waals surface area contributed by atoms with E-state index >= 15 is 0 Å². The molecule has 0 fully saturated rings. The van der Waals surface area contributed by atoms with Gasteiger partial charge in [0.25, 0.3) is 0 Å². The molecule has 39 heavy (non-hydrogen) atoms. The number of amides is 2. The average Bonchev–Trinajstić information content (AvgIpc) is 2.84. The van der Waals surface area contributed by atoms with Gasteiger partial charge in [0.05, 0.1) is 17.0 Å². The Labute approximate surface area is 244 Å². The molecule has 3 rings (SSSR count). The maximum absolute atomic E-state index is 14.0. The second-order valence-corrected chi connectivity index (χ2v) is 12.6. The van der Waals surface area contributed by atoms with Gasteiger partial charge < -0.3 is 10.2 Å². The Kier molecular flexibility index (Phi) is 10.7. The third kappa shape index (κ3) is 8.86. The minimum atomic E-state index is -3.95. The van der Waals surface area contributed by atoms with E-state index in [2.05, 4.69) is 5.32 Å². The van der Waals surface area contributed by atoms with Crippen molar-refractivity contribution in [3.63, 3.8) is 0 Å². The third-order valence-corrected chi connectivity index (χ3v) is 7.70. The highest BCUT2D eigenvalue weighted by Gasteiger charge is 2.33. The lowest BCUT2D eigenvalue weighted by Gasteiger charge is -2.34. The second-order valence-electron chi connectivity index (χ2n) is 9.39. The van der Waals surface area contributed by atoms with Crippen LogP contribution in [0.2, 0.25) is 15.1 Å². The molecule has 0 aliphatic carbocycles. The van der Waals surface area contributed by atoms with Crippen LogP contribution in [0.25, 0.3) is 0 Å². The fraction of sp³-hybridized carbons (Fsp3) is 0.286. The molecule has 1 N–H and O–H groups in total. The molecule has 0 aliphatic rings. The van der Waals surface area contributed by atoms with Crippen molar-refractivity contribution in [2.75, 3.05) is 17.1 Å². The van der Waals surface area contributed by atoms with Crippen LogP contribution in [0.3, 0.4) is 0 Å². The molecule has 0 aromatic heterocycles.